The molecule has 0 unspecified atom stereocenters. The molecule has 0 amide bonds. The average Bonchev–Trinajstić information content (AvgIpc) is 3.05. The first-order valence-corrected chi connectivity index (χ1v) is 10.1. The Balaban J connectivity index is 0.00000392. The van der Waals surface area contributed by atoms with Crippen molar-refractivity contribution in [2.45, 2.75) is 38.5 Å². The van der Waals surface area contributed by atoms with Crippen molar-refractivity contribution in [3.63, 3.8) is 0 Å². The second-order valence-electron chi connectivity index (χ2n) is 6.16. The molecule has 0 N–H and O–H groups in total. The van der Waals surface area contributed by atoms with Gasteiger partial charge in [-0.2, -0.15) is 0 Å². The SMILES string of the molecule is CCOC(=O)[C@@H]1CC(=N[N-]S(=O)(=O)c2ccc(C)cc2)C[C@H]1C(=O)OCC.[Li+]. The Morgan fingerprint density at radius 3 is 1.93 bits per heavy atom. The summed E-state index contributed by atoms with van der Waals surface area (Å²) in [6.45, 7) is 5.56. The fourth-order valence-electron chi connectivity index (χ4n) is 2.82. The van der Waals surface area contributed by atoms with Crippen molar-refractivity contribution in [2.24, 2.45) is 16.9 Å². The van der Waals surface area contributed by atoms with E-state index in [9.17, 15) is 18.0 Å². The molecule has 1 saturated carbocycles. The van der Waals surface area contributed by atoms with Gasteiger partial charge in [0.1, 0.15) is 10.0 Å². The van der Waals surface area contributed by atoms with E-state index in [2.05, 4.69) is 9.93 Å². The number of benzene rings is 1. The quantitative estimate of drug-likeness (QED) is 0.347. The van der Waals surface area contributed by atoms with E-state index in [1.54, 1.807) is 26.0 Å². The Bertz CT molecular complexity index is 795. The van der Waals surface area contributed by atoms with Crippen molar-refractivity contribution in [3.8, 4) is 0 Å². The van der Waals surface area contributed by atoms with Crippen LogP contribution in [0.3, 0.4) is 0 Å². The van der Waals surface area contributed by atoms with Gasteiger partial charge in [0.05, 0.1) is 29.9 Å². The molecule has 8 nitrogen and oxygen atoms in total. The fraction of sp³-hybridized carbons (Fsp3) is 0.500. The molecule has 1 aliphatic carbocycles. The smallest absolute Gasteiger partial charge is 0.491 e. The van der Waals surface area contributed by atoms with E-state index in [4.69, 9.17) is 9.47 Å². The van der Waals surface area contributed by atoms with Crippen LogP contribution in [0.4, 0.5) is 0 Å². The third kappa shape index (κ3) is 6.09. The predicted molar refractivity (Wildman–Crippen MR) is 98.6 cm³/mol. The first-order valence-electron chi connectivity index (χ1n) is 8.71. The van der Waals surface area contributed by atoms with Crippen molar-refractivity contribution in [3.05, 3.63) is 34.7 Å². The monoisotopic (exact) mass is 402 g/mol. The first kappa shape index (κ1) is 24.2. The standard InChI is InChI=1S/C18H23N2O6S.Li/c1-4-25-17(21)15-10-13(11-16(15)18(22)26-5-2)19-20-27(23,24)14-8-6-12(3)7-9-14;/h6-9,15-16H,4-5,10-11H2,1-3H3;/q-1;+1/t15-,16-;/m1./s1. The fourth-order valence-corrected chi connectivity index (χ4v) is 3.62. The number of nitrogens with zero attached hydrogens (tertiary/aromatic N) is 2. The van der Waals surface area contributed by atoms with Crippen molar-refractivity contribution in [1.29, 1.82) is 0 Å². The molecule has 10 heteroatoms. The van der Waals surface area contributed by atoms with Crippen LogP contribution in [0.5, 0.6) is 0 Å². The summed E-state index contributed by atoms with van der Waals surface area (Å²) in [4.78, 5) is 27.8. The van der Waals surface area contributed by atoms with Gasteiger partial charge in [0.15, 0.2) is 0 Å². The minimum atomic E-state index is -3.96. The van der Waals surface area contributed by atoms with Crippen LogP contribution >= 0.6 is 0 Å². The molecule has 0 aromatic heterocycles. The third-order valence-corrected chi connectivity index (χ3v) is 5.35. The van der Waals surface area contributed by atoms with Crippen LogP contribution in [0.15, 0.2) is 34.3 Å². The van der Waals surface area contributed by atoms with Crippen molar-refractivity contribution in [2.75, 3.05) is 13.2 Å². The molecular weight excluding hydrogens is 379 g/mol. The van der Waals surface area contributed by atoms with Gasteiger partial charge in [-0.1, -0.05) is 17.7 Å². The molecule has 0 radical (unpaired) electrons. The number of ether oxygens (including phenoxy) is 2. The molecule has 2 rings (SSSR count). The van der Waals surface area contributed by atoms with Gasteiger partial charge in [0.25, 0.3) is 0 Å². The van der Waals surface area contributed by atoms with E-state index in [1.165, 1.54) is 12.1 Å². The van der Waals surface area contributed by atoms with Crippen LogP contribution < -0.4 is 18.9 Å². The molecule has 0 bridgehead atoms. The molecule has 1 aliphatic rings. The summed E-state index contributed by atoms with van der Waals surface area (Å²) in [5.74, 6) is -2.55. The van der Waals surface area contributed by atoms with E-state index in [-0.39, 0.29) is 49.8 Å². The molecule has 0 spiro atoms. The van der Waals surface area contributed by atoms with E-state index in [1.807, 2.05) is 6.92 Å². The Hall–Kier alpha value is -1.82. The van der Waals surface area contributed by atoms with E-state index in [0.717, 1.165) is 5.56 Å². The van der Waals surface area contributed by atoms with Crippen molar-refractivity contribution >= 4 is 27.7 Å². The van der Waals surface area contributed by atoms with Crippen molar-refractivity contribution in [1.82, 2.24) is 0 Å². The number of carbonyl (C=O) groups is 2. The third-order valence-electron chi connectivity index (χ3n) is 4.18. The van der Waals surface area contributed by atoms with Gasteiger partial charge in [-0.05, 0) is 51.5 Å². The second-order valence-corrected chi connectivity index (χ2v) is 7.75. The van der Waals surface area contributed by atoms with Gasteiger partial charge < -0.3 is 19.4 Å². The Morgan fingerprint density at radius 2 is 1.50 bits per heavy atom. The maximum atomic E-state index is 12.3. The minimum absolute atomic E-state index is 0. The molecule has 1 fully saturated rings. The summed E-state index contributed by atoms with van der Waals surface area (Å²) in [5, 5.41) is 3.82. The maximum Gasteiger partial charge on any atom is 1.00 e. The largest absolute Gasteiger partial charge is 1.00 e. The Kier molecular flexibility index (Phi) is 9.21. The van der Waals surface area contributed by atoms with Crippen LogP contribution in [0.2, 0.25) is 0 Å². The topological polar surface area (TPSA) is 113 Å². The zero-order valence-electron chi connectivity index (χ0n) is 16.5. The number of sulfonamides is 1. The van der Waals surface area contributed by atoms with Gasteiger partial charge in [-0.3, -0.25) is 9.59 Å². The van der Waals surface area contributed by atoms with E-state index < -0.39 is 33.8 Å². The molecule has 28 heavy (non-hydrogen) atoms. The molecule has 148 valence electrons. The molecule has 0 saturated heterocycles. The maximum absolute atomic E-state index is 12.3. The van der Waals surface area contributed by atoms with E-state index in [0.29, 0.717) is 5.71 Å². The number of hydrogen-bond acceptors (Lipinski definition) is 7. The number of carbonyl (C=O) groups excluding carboxylic acids is 2. The molecule has 2 atom stereocenters. The minimum Gasteiger partial charge on any atom is -0.491 e. The van der Waals surface area contributed by atoms with Gasteiger partial charge in [-0.25, -0.2) is 8.42 Å². The normalized spacial score (nSPS) is 18.8. The average molecular weight is 402 g/mol. The van der Waals surface area contributed by atoms with Crippen molar-refractivity contribution < 1.29 is 46.3 Å². The molecular formula is C18H23LiN2O6S. The molecule has 0 heterocycles. The number of hydrogen-bond donors (Lipinski definition) is 0. The zero-order valence-corrected chi connectivity index (χ0v) is 17.4. The van der Waals surface area contributed by atoms with E-state index >= 15 is 0 Å². The van der Waals surface area contributed by atoms with Gasteiger partial charge >= 0.3 is 30.8 Å². The predicted octanol–water partition coefficient (Wildman–Crippen LogP) is -0.430. The summed E-state index contributed by atoms with van der Waals surface area (Å²) in [6, 6.07) is 6.23. The molecule has 1 aromatic rings. The summed E-state index contributed by atoms with van der Waals surface area (Å²) in [6.07, 6.45) is 0.213. The molecule has 1 aromatic carbocycles. The molecule has 0 aliphatic heterocycles. The van der Waals surface area contributed by atoms with Crippen LogP contribution in [0.25, 0.3) is 4.83 Å². The van der Waals surface area contributed by atoms with Gasteiger partial charge in [-0.15, -0.1) is 0 Å². The van der Waals surface area contributed by atoms with Gasteiger partial charge in [0.2, 0.25) is 0 Å². The van der Waals surface area contributed by atoms with Crippen LogP contribution in [0, 0.1) is 18.8 Å². The van der Waals surface area contributed by atoms with Crippen LogP contribution in [-0.2, 0) is 29.1 Å². The number of esters is 2. The zero-order chi connectivity index (χ0) is 20.0. The first-order chi connectivity index (χ1) is 12.8. The summed E-state index contributed by atoms with van der Waals surface area (Å²) in [7, 11) is -3.96. The number of aryl methyl sites for hydroxylation is 1. The number of rotatable bonds is 7. The summed E-state index contributed by atoms with van der Waals surface area (Å²) in [5.41, 5.74) is 1.27. The van der Waals surface area contributed by atoms with Crippen LogP contribution in [0.1, 0.15) is 32.3 Å². The Morgan fingerprint density at radius 1 is 1.04 bits per heavy atom. The van der Waals surface area contributed by atoms with Crippen LogP contribution in [-0.4, -0.2) is 39.3 Å². The Labute approximate surface area is 177 Å². The summed E-state index contributed by atoms with van der Waals surface area (Å²) < 4.78 is 34.6. The summed E-state index contributed by atoms with van der Waals surface area (Å²) >= 11 is 0. The second kappa shape index (κ2) is 10.6. The van der Waals surface area contributed by atoms with Gasteiger partial charge in [0, 0.05) is 0 Å².